The van der Waals surface area contributed by atoms with Crippen LogP contribution in [-0.4, -0.2) is 32.9 Å². The van der Waals surface area contributed by atoms with E-state index in [0.717, 1.165) is 25.1 Å². The van der Waals surface area contributed by atoms with Crippen molar-refractivity contribution in [3.8, 4) is 0 Å². The molecule has 5 nitrogen and oxygen atoms in total. The Balaban J connectivity index is 1.97. The second-order valence-corrected chi connectivity index (χ2v) is 6.64. The number of amides is 1. The molecule has 21 heavy (non-hydrogen) atoms. The van der Waals surface area contributed by atoms with E-state index >= 15 is 0 Å². The lowest BCUT2D eigenvalue weighted by Crippen LogP contribution is -2.36. The largest absolute Gasteiger partial charge is 0.337 e. The zero-order chi connectivity index (χ0) is 15.4. The lowest BCUT2D eigenvalue weighted by Gasteiger charge is -2.25. The predicted molar refractivity (Wildman–Crippen MR) is 83.4 cm³/mol. The Bertz CT molecular complexity index is 465. The molecule has 1 aromatic rings. The van der Waals surface area contributed by atoms with Gasteiger partial charge in [0.1, 0.15) is 5.82 Å². The van der Waals surface area contributed by atoms with Gasteiger partial charge in [0.25, 0.3) is 0 Å². The van der Waals surface area contributed by atoms with Gasteiger partial charge in [-0.05, 0) is 37.6 Å². The van der Waals surface area contributed by atoms with E-state index in [1.165, 1.54) is 0 Å². The molecule has 0 aromatic carbocycles. The average Bonchev–Trinajstić information content (AvgIpc) is 3.18. The lowest BCUT2D eigenvalue weighted by molar-refractivity contribution is -0.133. The summed E-state index contributed by atoms with van der Waals surface area (Å²) < 4.78 is 1.98. The number of hydrogen-bond acceptors (Lipinski definition) is 3. The molecule has 0 saturated heterocycles. The van der Waals surface area contributed by atoms with Gasteiger partial charge in [-0.1, -0.05) is 13.8 Å². The summed E-state index contributed by atoms with van der Waals surface area (Å²) in [5.74, 6) is 2.05. The van der Waals surface area contributed by atoms with Gasteiger partial charge in [0.05, 0.1) is 6.54 Å². The fourth-order valence-electron chi connectivity index (χ4n) is 2.80. The van der Waals surface area contributed by atoms with Crippen LogP contribution in [0.5, 0.6) is 0 Å². The molecule has 0 unspecified atom stereocenters. The van der Waals surface area contributed by atoms with Gasteiger partial charge in [-0.15, -0.1) is 0 Å². The second kappa shape index (κ2) is 7.07. The molecule has 1 aliphatic rings. The Hall–Kier alpha value is -1.36. The average molecular weight is 292 g/mol. The molecule has 0 spiro atoms. The molecule has 0 radical (unpaired) electrons. The zero-order valence-electron chi connectivity index (χ0n) is 13.5. The molecule has 0 aliphatic heterocycles. The van der Waals surface area contributed by atoms with E-state index in [1.54, 1.807) is 6.20 Å². The predicted octanol–water partition coefficient (Wildman–Crippen LogP) is 1.92. The number of nitrogens with zero attached hydrogens (tertiary/aromatic N) is 3. The number of imidazole rings is 1. The summed E-state index contributed by atoms with van der Waals surface area (Å²) in [5.41, 5.74) is 5.83. The summed E-state index contributed by atoms with van der Waals surface area (Å²) in [4.78, 5) is 19.0. The maximum atomic E-state index is 12.6. The number of hydrogen-bond donors (Lipinski definition) is 1. The highest BCUT2D eigenvalue weighted by molar-refractivity contribution is 5.77. The van der Waals surface area contributed by atoms with Crippen molar-refractivity contribution in [2.45, 2.75) is 52.1 Å². The quantitative estimate of drug-likeness (QED) is 0.796. The molecule has 5 heteroatoms. The Kier molecular flexibility index (Phi) is 5.39. The van der Waals surface area contributed by atoms with Gasteiger partial charge in [0, 0.05) is 31.9 Å². The van der Waals surface area contributed by atoms with E-state index in [1.807, 2.05) is 22.7 Å². The number of nitrogens with two attached hydrogens (primary N) is 1. The maximum absolute atomic E-state index is 12.6. The van der Waals surface area contributed by atoms with Crippen molar-refractivity contribution in [2.24, 2.45) is 24.6 Å². The third-order valence-electron chi connectivity index (χ3n) is 4.14. The van der Waals surface area contributed by atoms with Crippen molar-refractivity contribution in [3.05, 3.63) is 18.2 Å². The Morgan fingerprint density at radius 1 is 1.52 bits per heavy atom. The number of rotatable bonds is 8. The molecule has 2 rings (SSSR count). The monoisotopic (exact) mass is 292 g/mol. The fraction of sp³-hybridized carbons (Fsp3) is 0.750. The smallest absolute Gasteiger partial charge is 0.223 e. The van der Waals surface area contributed by atoms with E-state index in [2.05, 4.69) is 18.8 Å². The molecule has 2 N–H and O–H groups in total. The van der Waals surface area contributed by atoms with Crippen molar-refractivity contribution >= 4 is 5.91 Å². The first kappa shape index (κ1) is 16.0. The van der Waals surface area contributed by atoms with E-state index < -0.39 is 0 Å². The molecule has 1 fully saturated rings. The zero-order valence-corrected chi connectivity index (χ0v) is 13.5. The van der Waals surface area contributed by atoms with Gasteiger partial charge in [0.2, 0.25) is 5.91 Å². The third-order valence-corrected chi connectivity index (χ3v) is 4.14. The molecule has 1 aromatic heterocycles. The normalized spacial score (nSPS) is 16.2. The van der Waals surface area contributed by atoms with Gasteiger partial charge < -0.3 is 15.2 Å². The molecular weight excluding hydrogens is 264 g/mol. The first-order chi connectivity index (χ1) is 10.0. The molecule has 1 heterocycles. The van der Waals surface area contributed by atoms with Gasteiger partial charge in [-0.3, -0.25) is 4.79 Å². The second-order valence-electron chi connectivity index (χ2n) is 6.64. The van der Waals surface area contributed by atoms with Crippen LogP contribution in [0.15, 0.2) is 12.4 Å². The van der Waals surface area contributed by atoms with Crippen LogP contribution in [0.4, 0.5) is 0 Å². The van der Waals surface area contributed by atoms with Crippen LogP contribution >= 0.6 is 0 Å². The summed E-state index contributed by atoms with van der Waals surface area (Å²) in [6, 6.07) is 0.409. The van der Waals surface area contributed by atoms with Crippen LogP contribution in [0, 0.1) is 11.8 Å². The first-order valence-electron chi connectivity index (χ1n) is 7.97. The highest BCUT2D eigenvalue weighted by Crippen LogP contribution is 2.29. The van der Waals surface area contributed by atoms with E-state index in [0.29, 0.717) is 37.4 Å². The van der Waals surface area contributed by atoms with Crippen LogP contribution in [0.1, 0.15) is 45.4 Å². The minimum Gasteiger partial charge on any atom is -0.337 e. The van der Waals surface area contributed by atoms with Crippen LogP contribution in [0.3, 0.4) is 0 Å². The minimum absolute atomic E-state index is 0.233. The fourth-order valence-corrected chi connectivity index (χ4v) is 2.80. The Morgan fingerprint density at radius 3 is 2.71 bits per heavy atom. The van der Waals surface area contributed by atoms with Gasteiger partial charge in [0.15, 0.2) is 0 Å². The number of carbonyl (C=O) groups is 1. The minimum atomic E-state index is 0.233. The van der Waals surface area contributed by atoms with Crippen LogP contribution < -0.4 is 5.73 Å². The summed E-state index contributed by atoms with van der Waals surface area (Å²) in [7, 11) is 1.97. The van der Waals surface area contributed by atoms with Crippen molar-refractivity contribution in [1.82, 2.24) is 14.5 Å². The molecule has 0 bridgehead atoms. The van der Waals surface area contributed by atoms with Gasteiger partial charge >= 0.3 is 0 Å². The summed E-state index contributed by atoms with van der Waals surface area (Å²) in [6.45, 7) is 5.57. The van der Waals surface area contributed by atoms with E-state index in [9.17, 15) is 4.79 Å². The topological polar surface area (TPSA) is 64.2 Å². The lowest BCUT2D eigenvalue weighted by atomic mass is 9.93. The van der Waals surface area contributed by atoms with Gasteiger partial charge in [-0.25, -0.2) is 4.98 Å². The molecule has 1 amide bonds. The SMILES string of the molecule is CC(C)C[C@H](CN)CC(=O)N(Cc1nccn1C)C1CC1. The van der Waals surface area contributed by atoms with Crippen LogP contribution in [-0.2, 0) is 18.4 Å². The standard InChI is InChI=1S/C16H28N4O/c1-12(2)8-13(10-17)9-16(21)20(14-4-5-14)11-15-18-6-7-19(15)3/h6-7,12-14H,4-5,8-11,17H2,1-3H3/t13-/m0/s1. The summed E-state index contributed by atoms with van der Waals surface area (Å²) in [5, 5.41) is 0. The van der Waals surface area contributed by atoms with Gasteiger partial charge in [-0.2, -0.15) is 0 Å². The van der Waals surface area contributed by atoms with Crippen LogP contribution in [0.25, 0.3) is 0 Å². The summed E-state index contributed by atoms with van der Waals surface area (Å²) in [6.07, 6.45) is 7.53. The third kappa shape index (κ3) is 4.56. The number of carbonyl (C=O) groups excluding carboxylic acids is 1. The van der Waals surface area contributed by atoms with Crippen molar-refractivity contribution in [2.75, 3.05) is 6.54 Å². The molecular formula is C16H28N4O. The van der Waals surface area contributed by atoms with E-state index in [-0.39, 0.29) is 5.91 Å². The van der Waals surface area contributed by atoms with Crippen molar-refractivity contribution in [1.29, 1.82) is 0 Å². The highest BCUT2D eigenvalue weighted by Gasteiger charge is 2.33. The van der Waals surface area contributed by atoms with E-state index in [4.69, 9.17) is 5.73 Å². The van der Waals surface area contributed by atoms with Crippen molar-refractivity contribution < 1.29 is 4.79 Å². The maximum Gasteiger partial charge on any atom is 0.223 e. The Labute approximate surface area is 127 Å². The molecule has 1 atom stereocenters. The van der Waals surface area contributed by atoms with Crippen molar-refractivity contribution in [3.63, 3.8) is 0 Å². The number of aryl methyl sites for hydroxylation is 1. The molecule has 1 saturated carbocycles. The first-order valence-corrected chi connectivity index (χ1v) is 7.97. The highest BCUT2D eigenvalue weighted by atomic mass is 16.2. The summed E-state index contributed by atoms with van der Waals surface area (Å²) >= 11 is 0. The van der Waals surface area contributed by atoms with Crippen LogP contribution in [0.2, 0.25) is 0 Å². The number of aromatic nitrogens is 2. The molecule has 118 valence electrons. The Morgan fingerprint density at radius 2 is 2.24 bits per heavy atom. The molecule has 1 aliphatic carbocycles.